The summed E-state index contributed by atoms with van der Waals surface area (Å²) < 4.78 is 5.44. The molecule has 2 rings (SSSR count). The standard InChI is InChI=1S/C23H30ClNO7/c1-12(7-6-8-13(2)23(30)21(29)20(28)22(4,5)32-23)9-10-15-18(26)16(11-25-31)14(3)17(24)19(15)27/h8-9,11,21,26-27,29-31H,6-7,10H2,1-5H3/b12-9+,13-8+,25-11-. The van der Waals surface area contributed by atoms with Crippen LogP contribution >= 0.6 is 11.6 Å². The molecule has 1 aromatic rings. The normalized spacial score (nSPS) is 24.0. The Morgan fingerprint density at radius 2 is 1.84 bits per heavy atom. The van der Waals surface area contributed by atoms with Gasteiger partial charge in [-0.25, -0.2) is 0 Å². The molecule has 5 N–H and O–H groups in total. The summed E-state index contributed by atoms with van der Waals surface area (Å²) in [5.74, 6) is -3.09. The van der Waals surface area contributed by atoms with Gasteiger partial charge in [0.15, 0.2) is 11.9 Å². The molecule has 0 spiro atoms. The number of phenolic OH excluding ortho intramolecular Hbond substituents is 2. The number of allylic oxidation sites excluding steroid dienone is 3. The molecule has 32 heavy (non-hydrogen) atoms. The van der Waals surface area contributed by atoms with Crippen LogP contribution in [0.5, 0.6) is 11.5 Å². The molecule has 2 unspecified atom stereocenters. The number of rotatable bonds is 7. The van der Waals surface area contributed by atoms with E-state index in [2.05, 4.69) is 5.16 Å². The van der Waals surface area contributed by atoms with Crippen LogP contribution in [0.1, 0.15) is 57.2 Å². The first-order valence-electron chi connectivity index (χ1n) is 10.2. The predicted octanol–water partition coefficient (Wildman–Crippen LogP) is 3.51. The lowest BCUT2D eigenvalue weighted by Crippen LogP contribution is -2.42. The zero-order chi connectivity index (χ0) is 24.4. The summed E-state index contributed by atoms with van der Waals surface area (Å²) in [7, 11) is 0. The van der Waals surface area contributed by atoms with Gasteiger partial charge in [-0.15, -0.1) is 0 Å². The topological polar surface area (TPSA) is 140 Å². The molecule has 0 radical (unpaired) electrons. The highest BCUT2D eigenvalue weighted by molar-refractivity contribution is 6.33. The Balaban J connectivity index is 2.13. The molecule has 1 aliphatic rings. The van der Waals surface area contributed by atoms with Gasteiger partial charge in [0.05, 0.1) is 11.2 Å². The van der Waals surface area contributed by atoms with Crippen LogP contribution in [0.2, 0.25) is 5.02 Å². The molecule has 1 aliphatic heterocycles. The first-order valence-corrected chi connectivity index (χ1v) is 10.5. The first kappa shape index (κ1) is 25.9. The molecule has 0 bridgehead atoms. The quantitative estimate of drug-likeness (QED) is 0.179. The van der Waals surface area contributed by atoms with Crippen molar-refractivity contribution in [3.63, 3.8) is 0 Å². The van der Waals surface area contributed by atoms with E-state index >= 15 is 0 Å². The number of hydrogen-bond donors (Lipinski definition) is 5. The third-order valence-corrected chi connectivity index (χ3v) is 6.25. The van der Waals surface area contributed by atoms with Crippen molar-refractivity contribution in [1.29, 1.82) is 0 Å². The van der Waals surface area contributed by atoms with E-state index in [4.69, 9.17) is 21.5 Å². The van der Waals surface area contributed by atoms with E-state index in [1.165, 1.54) is 13.8 Å². The summed E-state index contributed by atoms with van der Waals surface area (Å²) in [6.07, 6.45) is 4.17. The summed E-state index contributed by atoms with van der Waals surface area (Å²) in [6, 6.07) is 0. The molecular formula is C23H30ClNO7. The number of aliphatic hydroxyl groups is 2. The Bertz CT molecular complexity index is 997. The largest absolute Gasteiger partial charge is 0.507 e. The average molecular weight is 468 g/mol. The second-order valence-electron chi connectivity index (χ2n) is 8.53. The first-order chi connectivity index (χ1) is 14.8. The Kier molecular flexibility index (Phi) is 7.78. The van der Waals surface area contributed by atoms with Crippen molar-refractivity contribution in [2.45, 2.75) is 71.4 Å². The molecule has 0 saturated carbocycles. The fourth-order valence-corrected chi connectivity index (χ4v) is 3.84. The number of aliphatic hydroxyl groups excluding tert-OH is 1. The Morgan fingerprint density at radius 1 is 1.22 bits per heavy atom. The van der Waals surface area contributed by atoms with Crippen LogP contribution in [0.3, 0.4) is 0 Å². The predicted molar refractivity (Wildman–Crippen MR) is 120 cm³/mol. The fraction of sp³-hybridized carbons (Fsp3) is 0.478. The Hall–Kier alpha value is -2.39. The van der Waals surface area contributed by atoms with Gasteiger partial charge < -0.3 is 30.4 Å². The monoisotopic (exact) mass is 467 g/mol. The molecule has 2 atom stereocenters. The highest BCUT2D eigenvalue weighted by atomic mass is 35.5. The number of carbonyl (C=O) groups is 1. The van der Waals surface area contributed by atoms with E-state index in [0.717, 1.165) is 11.8 Å². The second-order valence-corrected chi connectivity index (χ2v) is 8.91. The van der Waals surface area contributed by atoms with E-state index in [-0.39, 0.29) is 34.1 Å². The number of aromatic hydroxyl groups is 2. The van der Waals surface area contributed by atoms with Crippen LogP contribution < -0.4 is 0 Å². The van der Waals surface area contributed by atoms with Crippen molar-refractivity contribution in [2.24, 2.45) is 5.16 Å². The van der Waals surface area contributed by atoms with Crippen molar-refractivity contribution in [1.82, 2.24) is 0 Å². The maximum absolute atomic E-state index is 12.1. The average Bonchev–Trinajstić information content (AvgIpc) is 2.89. The van der Waals surface area contributed by atoms with Crippen LogP contribution in [0, 0.1) is 6.92 Å². The number of benzene rings is 1. The number of oxime groups is 1. The fourth-order valence-electron chi connectivity index (χ4n) is 3.63. The molecule has 1 aromatic carbocycles. The van der Waals surface area contributed by atoms with Gasteiger partial charge >= 0.3 is 0 Å². The molecule has 8 nitrogen and oxygen atoms in total. The van der Waals surface area contributed by atoms with E-state index in [0.29, 0.717) is 24.0 Å². The van der Waals surface area contributed by atoms with Crippen molar-refractivity contribution in [2.75, 3.05) is 0 Å². The van der Waals surface area contributed by atoms with E-state index in [1.54, 1.807) is 19.9 Å². The van der Waals surface area contributed by atoms with Crippen molar-refractivity contribution in [3.05, 3.63) is 45.0 Å². The van der Waals surface area contributed by atoms with Gasteiger partial charge in [0.2, 0.25) is 5.79 Å². The minimum Gasteiger partial charge on any atom is -0.507 e. The summed E-state index contributed by atoms with van der Waals surface area (Å²) in [4.78, 5) is 12.1. The number of halogens is 1. The van der Waals surface area contributed by atoms with E-state index in [1.807, 2.05) is 13.0 Å². The smallest absolute Gasteiger partial charge is 0.223 e. The minimum atomic E-state index is -2.06. The third kappa shape index (κ3) is 4.83. The molecule has 0 aromatic heterocycles. The lowest BCUT2D eigenvalue weighted by Gasteiger charge is -2.27. The number of ether oxygens (including phenoxy) is 1. The molecule has 1 heterocycles. The number of nitrogens with zero attached hydrogens (tertiary/aromatic N) is 1. The molecule has 0 amide bonds. The van der Waals surface area contributed by atoms with Crippen molar-refractivity contribution in [3.8, 4) is 11.5 Å². The molecule has 9 heteroatoms. The van der Waals surface area contributed by atoms with Gasteiger partial charge in [0.1, 0.15) is 17.1 Å². The zero-order valence-corrected chi connectivity index (χ0v) is 19.6. The van der Waals surface area contributed by atoms with Gasteiger partial charge in [-0.05, 0) is 65.0 Å². The van der Waals surface area contributed by atoms with Crippen LogP contribution in [0.15, 0.2) is 28.5 Å². The minimum absolute atomic E-state index is 0.0677. The maximum Gasteiger partial charge on any atom is 0.223 e. The molecule has 176 valence electrons. The van der Waals surface area contributed by atoms with Gasteiger partial charge in [-0.1, -0.05) is 34.5 Å². The van der Waals surface area contributed by atoms with Crippen LogP contribution in [-0.2, 0) is 16.0 Å². The SMILES string of the molecule is C/C(=C\Cc1c(O)c(Cl)c(C)c(/C=N\O)c1O)CC/C=C(\C)C1(O)OC(C)(C)C(=O)C1O. The highest BCUT2D eigenvalue weighted by Gasteiger charge is 2.58. The summed E-state index contributed by atoms with van der Waals surface area (Å²) in [5.41, 5.74) is 0.802. The van der Waals surface area contributed by atoms with Gasteiger partial charge in [-0.2, -0.15) is 0 Å². The Labute approximate surface area is 192 Å². The van der Waals surface area contributed by atoms with Crippen LogP contribution in [0.25, 0.3) is 0 Å². The van der Waals surface area contributed by atoms with E-state index in [9.17, 15) is 25.2 Å². The number of hydrogen-bond acceptors (Lipinski definition) is 8. The number of carbonyl (C=O) groups excluding carboxylic acids is 1. The van der Waals surface area contributed by atoms with Crippen molar-refractivity contribution < 1.29 is 35.2 Å². The number of phenols is 2. The van der Waals surface area contributed by atoms with Crippen LogP contribution in [-0.4, -0.2) is 55.1 Å². The van der Waals surface area contributed by atoms with Crippen LogP contribution in [0.4, 0.5) is 0 Å². The number of ketones is 1. The zero-order valence-electron chi connectivity index (χ0n) is 18.8. The summed E-state index contributed by atoms with van der Waals surface area (Å²) >= 11 is 6.13. The lowest BCUT2D eigenvalue weighted by molar-refractivity contribution is -0.217. The summed E-state index contributed by atoms with van der Waals surface area (Å²) in [5, 5.41) is 53.4. The van der Waals surface area contributed by atoms with Gasteiger partial charge in [0, 0.05) is 11.1 Å². The highest BCUT2D eigenvalue weighted by Crippen LogP contribution is 2.41. The van der Waals surface area contributed by atoms with Gasteiger partial charge in [0.25, 0.3) is 0 Å². The second kappa shape index (κ2) is 9.62. The van der Waals surface area contributed by atoms with Crippen molar-refractivity contribution >= 4 is 23.6 Å². The lowest BCUT2D eigenvalue weighted by atomic mass is 9.95. The molecule has 1 saturated heterocycles. The number of Topliss-reactive ketones (excluding diaryl/α,β-unsaturated/α-hetero) is 1. The Morgan fingerprint density at radius 3 is 2.38 bits per heavy atom. The maximum atomic E-state index is 12.1. The summed E-state index contributed by atoms with van der Waals surface area (Å²) in [6.45, 7) is 8.04. The third-order valence-electron chi connectivity index (χ3n) is 5.79. The molecule has 1 fully saturated rings. The molecular weight excluding hydrogens is 438 g/mol. The molecule has 0 aliphatic carbocycles. The van der Waals surface area contributed by atoms with E-state index < -0.39 is 23.3 Å². The van der Waals surface area contributed by atoms with Gasteiger partial charge in [-0.3, -0.25) is 4.79 Å².